The fourth-order valence-electron chi connectivity index (χ4n) is 7.46. The van der Waals surface area contributed by atoms with Gasteiger partial charge in [0.1, 0.15) is 11.6 Å². The molecule has 3 heterocycles. The number of amides is 2. The van der Waals surface area contributed by atoms with E-state index in [1.165, 1.54) is 4.90 Å². The summed E-state index contributed by atoms with van der Waals surface area (Å²) >= 11 is 0. The topological polar surface area (TPSA) is 96.4 Å². The zero-order chi connectivity index (χ0) is 30.7. The summed E-state index contributed by atoms with van der Waals surface area (Å²) in [6.07, 6.45) is 5.63. The SMILES string of the molecule is C=CCCCOC(=O)[C@@H]1[C@H]2C(=O)N([C@@H](CO)Cc3ccccc3)C(C(=O)N(CC=C)c3c(C)cccc3C)C23CC[C@H]1O3. The molecule has 2 aromatic carbocycles. The van der Waals surface area contributed by atoms with E-state index in [0.29, 0.717) is 32.1 Å². The molecule has 0 aromatic heterocycles. The summed E-state index contributed by atoms with van der Waals surface area (Å²) in [5.41, 5.74) is 2.32. The number of nitrogens with zero attached hydrogens (tertiary/aromatic N) is 2. The van der Waals surface area contributed by atoms with Gasteiger partial charge in [0.05, 0.1) is 37.2 Å². The highest BCUT2D eigenvalue weighted by Crippen LogP contribution is 2.59. The maximum absolute atomic E-state index is 14.9. The Bertz CT molecular complexity index is 1360. The number of rotatable bonds is 13. The molecule has 3 fully saturated rings. The number of aliphatic hydroxyl groups excluding tert-OH is 1. The number of ether oxygens (including phenoxy) is 2. The van der Waals surface area contributed by atoms with Crippen molar-refractivity contribution in [1.29, 1.82) is 0 Å². The third kappa shape index (κ3) is 5.43. The minimum atomic E-state index is -1.20. The molecule has 8 heteroatoms. The largest absolute Gasteiger partial charge is 0.465 e. The molecule has 0 radical (unpaired) electrons. The molecule has 2 unspecified atom stereocenters. The fraction of sp³-hybridized carbons (Fsp3) is 0.457. The van der Waals surface area contributed by atoms with Gasteiger partial charge in [-0.25, -0.2) is 0 Å². The molecule has 228 valence electrons. The Morgan fingerprint density at radius 3 is 2.51 bits per heavy atom. The van der Waals surface area contributed by atoms with Gasteiger partial charge in [-0.05, 0) is 62.6 Å². The average Bonchev–Trinajstić information content (AvgIpc) is 3.65. The van der Waals surface area contributed by atoms with Crippen LogP contribution in [0.4, 0.5) is 5.69 Å². The number of benzene rings is 2. The van der Waals surface area contributed by atoms with Gasteiger partial charge in [-0.3, -0.25) is 14.4 Å². The van der Waals surface area contributed by atoms with Crippen LogP contribution in [0.15, 0.2) is 73.8 Å². The Morgan fingerprint density at radius 2 is 1.86 bits per heavy atom. The molecule has 0 saturated carbocycles. The van der Waals surface area contributed by atoms with Crippen molar-refractivity contribution in [2.24, 2.45) is 11.8 Å². The van der Waals surface area contributed by atoms with Crippen molar-refractivity contribution in [2.45, 2.75) is 69.7 Å². The van der Waals surface area contributed by atoms with E-state index in [0.717, 1.165) is 22.4 Å². The molecule has 3 aliphatic rings. The number of hydrogen-bond donors (Lipinski definition) is 1. The lowest BCUT2D eigenvalue weighted by atomic mass is 9.70. The summed E-state index contributed by atoms with van der Waals surface area (Å²) in [6, 6.07) is 13.7. The van der Waals surface area contributed by atoms with Crippen LogP contribution in [-0.4, -0.2) is 71.3 Å². The number of aryl methyl sites for hydroxylation is 2. The van der Waals surface area contributed by atoms with Crippen LogP contribution in [0, 0.1) is 25.7 Å². The fourth-order valence-corrected chi connectivity index (χ4v) is 7.46. The zero-order valence-corrected chi connectivity index (χ0v) is 25.1. The van der Waals surface area contributed by atoms with Crippen LogP contribution in [0.2, 0.25) is 0 Å². The molecule has 2 bridgehead atoms. The highest BCUT2D eigenvalue weighted by Gasteiger charge is 2.75. The van der Waals surface area contributed by atoms with Gasteiger partial charge >= 0.3 is 5.97 Å². The zero-order valence-electron chi connectivity index (χ0n) is 25.1. The van der Waals surface area contributed by atoms with Crippen LogP contribution in [0.1, 0.15) is 42.4 Å². The molecule has 3 saturated heterocycles. The van der Waals surface area contributed by atoms with E-state index in [1.807, 2.05) is 62.4 Å². The number of unbranched alkanes of at least 4 members (excludes halogenated alkanes) is 1. The summed E-state index contributed by atoms with van der Waals surface area (Å²) in [7, 11) is 0. The van der Waals surface area contributed by atoms with Crippen molar-refractivity contribution in [3.63, 3.8) is 0 Å². The van der Waals surface area contributed by atoms with E-state index in [2.05, 4.69) is 13.2 Å². The lowest BCUT2D eigenvalue weighted by Crippen LogP contribution is -2.59. The lowest BCUT2D eigenvalue weighted by Gasteiger charge is -2.40. The van der Waals surface area contributed by atoms with Gasteiger partial charge < -0.3 is 24.4 Å². The van der Waals surface area contributed by atoms with E-state index < -0.39 is 41.6 Å². The summed E-state index contributed by atoms with van der Waals surface area (Å²) < 4.78 is 12.3. The lowest BCUT2D eigenvalue weighted by molar-refractivity contribution is -0.155. The van der Waals surface area contributed by atoms with Crippen molar-refractivity contribution in [1.82, 2.24) is 4.90 Å². The Labute approximate surface area is 254 Å². The maximum Gasteiger partial charge on any atom is 0.312 e. The first kappa shape index (κ1) is 30.7. The number of fused-ring (bicyclic) bond motifs is 1. The van der Waals surface area contributed by atoms with Crippen LogP contribution in [0.5, 0.6) is 0 Å². The first-order valence-corrected chi connectivity index (χ1v) is 15.2. The molecule has 3 aliphatic heterocycles. The standard InChI is InChI=1S/C35H42N2O6/c1-5-7-11-20-42-34(41)28-27-17-18-35(43-27)29(28)32(39)37(26(22-38)21-25-15-9-8-10-16-25)31(35)33(40)36(19-6-2)30-23(3)13-12-14-24(30)4/h5-6,8-10,12-16,26-29,31,38H,1-2,7,11,17-22H2,3-4H3/t26-,27-,28+,29+,31?,35?/m1/s1. The van der Waals surface area contributed by atoms with E-state index >= 15 is 0 Å². The maximum atomic E-state index is 14.9. The van der Waals surface area contributed by atoms with E-state index in [1.54, 1.807) is 17.1 Å². The number of carbonyl (C=O) groups is 3. The van der Waals surface area contributed by atoms with Crippen LogP contribution < -0.4 is 4.90 Å². The number of carbonyl (C=O) groups excluding carboxylic acids is 3. The number of anilines is 1. The van der Waals surface area contributed by atoms with Crippen LogP contribution in [-0.2, 0) is 30.3 Å². The molecule has 2 amide bonds. The third-order valence-corrected chi connectivity index (χ3v) is 9.25. The van der Waals surface area contributed by atoms with Crippen molar-refractivity contribution >= 4 is 23.5 Å². The Hall–Kier alpha value is -3.75. The van der Waals surface area contributed by atoms with Crippen molar-refractivity contribution in [3.8, 4) is 0 Å². The van der Waals surface area contributed by atoms with Gasteiger partial charge in [-0.2, -0.15) is 0 Å². The van der Waals surface area contributed by atoms with Crippen molar-refractivity contribution < 1.29 is 29.0 Å². The normalized spacial score (nSPS) is 26.2. The average molecular weight is 587 g/mol. The molecule has 5 rings (SSSR count). The van der Waals surface area contributed by atoms with Crippen LogP contribution in [0.25, 0.3) is 0 Å². The third-order valence-electron chi connectivity index (χ3n) is 9.25. The number of para-hydroxylation sites is 1. The van der Waals surface area contributed by atoms with Crippen LogP contribution in [0.3, 0.4) is 0 Å². The number of allylic oxidation sites excluding steroid dienone is 1. The number of esters is 1. The molecule has 1 spiro atoms. The smallest absolute Gasteiger partial charge is 0.312 e. The van der Waals surface area contributed by atoms with Gasteiger partial charge in [-0.15, -0.1) is 13.2 Å². The Morgan fingerprint density at radius 1 is 1.14 bits per heavy atom. The number of likely N-dealkylation sites (tertiary alicyclic amines) is 1. The second-order valence-corrected chi connectivity index (χ2v) is 11.9. The van der Waals surface area contributed by atoms with E-state index in [-0.39, 0.29) is 31.6 Å². The predicted molar refractivity (Wildman–Crippen MR) is 164 cm³/mol. The molecular formula is C35H42N2O6. The first-order valence-electron chi connectivity index (χ1n) is 15.2. The number of aliphatic hydroxyl groups is 1. The monoisotopic (exact) mass is 586 g/mol. The Balaban J connectivity index is 1.58. The quantitative estimate of drug-likeness (QED) is 0.214. The van der Waals surface area contributed by atoms with Crippen LogP contribution >= 0.6 is 0 Å². The summed E-state index contributed by atoms with van der Waals surface area (Å²) in [5, 5.41) is 10.7. The van der Waals surface area contributed by atoms with Gasteiger partial charge in [0, 0.05) is 12.2 Å². The second kappa shape index (κ2) is 12.9. The summed E-state index contributed by atoms with van der Waals surface area (Å²) in [5.74, 6) is -2.80. The molecule has 1 N–H and O–H groups in total. The van der Waals surface area contributed by atoms with Gasteiger partial charge in [0.25, 0.3) is 5.91 Å². The minimum Gasteiger partial charge on any atom is -0.465 e. The molecule has 8 nitrogen and oxygen atoms in total. The van der Waals surface area contributed by atoms with E-state index in [9.17, 15) is 19.5 Å². The Kier molecular flexibility index (Phi) is 9.18. The van der Waals surface area contributed by atoms with Crippen molar-refractivity contribution in [2.75, 3.05) is 24.7 Å². The van der Waals surface area contributed by atoms with Gasteiger partial charge in [0.15, 0.2) is 0 Å². The molecule has 43 heavy (non-hydrogen) atoms. The van der Waals surface area contributed by atoms with E-state index in [4.69, 9.17) is 9.47 Å². The predicted octanol–water partition coefficient (Wildman–Crippen LogP) is 4.31. The van der Waals surface area contributed by atoms with Gasteiger partial charge in [0.2, 0.25) is 5.91 Å². The summed E-state index contributed by atoms with van der Waals surface area (Å²) in [6.45, 7) is 11.6. The first-order chi connectivity index (χ1) is 20.8. The second-order valence-electron chi connectivity index (χ2n) is 11.9. The van der Waals surface area contributed by atoms with Crippen molar-refractivity contribution in [3.05, 3.63) is 90.5 Å². The molecule has 6 atom stereocenters. The summed E-state index contributed by atoms with van der Waals surface area (Å²) in [4.78, 5) is 46.1. The molecule has 2 aromatic rings. The highest BCUT2D eigenvalue weighted by molar-refractivity contribution is 6.05. The minimum absolute atomic E-state index is 0.223. The number of hydrogen-bond acceptors (Lipinski definition) is 6. The molecular weight excluding hydrogens is 544 g/mol. The highest BCUT2D eigenvalue weighted by atomic mass is 16.6. The molecule has 0 aliphatic carbocycles. The van der Waals surface area contributed by atoms with Gasteiger partial charge in [-0.1, -0.05) is 60.7 Å².